The van der Waals surface area contributed by atoms with E-state index in [9.17, 15) is 5.11 Å². The van der Waals surface area contributed by atoms with Gasteiger partial charge in [0.15, 0.2) is 0 Å². The minimum atomic E-state index is -0.00168. The van der Waals surface area contributed by atoms with Crippen LogP contribution in [0.15, 0.2) is 42.6 Å². The Hall–Kier alpha value is -2.03. The molecule has 0 aliphatic carbocycles. The maximum Gasteiger partial charge on any atom is 0.218 e. The second kappa shape index (κ2) is 3.38. The van der Waals surface area contributed by atoms with Gasteiger partial charge in [0.05, 0.1) is 0 Å². The molecule has 1 heterocycles. The molecule has 0 fully saturated rings. The van der Waals surface area contributed by atoms with Crippen LogP contribution in [0.1, 0.15) is 0 Å². The topological polar surface area (TPSA) is 53.4 Å². The molecule has 0 saturated heterocycles. The molecule has 3 heteroatoms. The number of aromatic nitrogens is 1. The molecule has 1 aromatic heterocycles. The van der Waals surface area contributed by atoms with Crippen molar-refractivity contribution in [3.63, 3.8) is 0 Å². The van der Waals surface area contributed by atoms with Crippen molar-refractivity contribution >= 4 is 0 Å². The Morgan fingerprint density at radius 1 is 0.929 bits per heavy atom. The molecule has 0 bridgehead atoms. The molecule has 0 spiro atoms. The molecule has 0 aliphatic rings. The van der Waals surface area contributed by atoms with Crippen LogP contribution in [0.5, 0.6) is 11.6 Å². The van der Waals surface area contributed by atoms with E-state index < -0.39 is 0 Å². The number of benzene rings is 1. The fourth-order valence-corrected chi connectivity index (χ4v) is 1.26. The van der Waals surface area contributed by atoms with Gasteiger partial charge in [-0.25, -0.2) is 4.98 Å². The lowest BCUT2D eigenvalue weighted by Crippen LogP contribution is -1.80. The Morgan fingerprint density at radius 3 is 2.29 bits per heavy atom. The Kier molecular flexibility index (Phi) is 2.07. The molecule has 0 unspecified atom stereocenters. The maximum absolute atomic E-state index is 9.46. The second-order valence-corrected chi connectivity index (χ2v) is 2.92. The largest absolute Gasteiger partial charge is 0.508 e. The SMILES string of the molecule is Oc1ccc(-c2cccnc2O)cc1. The number of hydrogen-bond donors (Lipinski definition) is 2. The quantitative estimate of drug-likeness (QED) is 0.719. The van der Waals surface area contributed by atoms with Gasteiger partial charge in [0.25, 0.3) is 0 Å². The normalized spacial score (nSPS) is 10.0. The van der Waals surface area contributed by atoms with Gasteiger partial charge in [-0.3, -0.25) is 0 Å². The van der Waals surface area contributed by atoms with Crippen molar-refractivity contribution in [1.29, 1.82) is 0 Å². The third-order valence-corrected chi connectivity index (χ3v) is 1.96. The van der Waals surface area contributed by atoms with Crippen molar-refractivity contribution in [2.24, 2.45) is 0 Å². The van der Waals surface area contributed by atoms with Crippen molar-refractivity contribution in [1.82, 2.24) is 4.98 Å². The number of pyridine rings is 1. The first-order valence-electron chi connectivity index (χ1n) is 4.21. The Morgan fingerprint density at radius 2 is 1.64 bits per heavy atom. The van der Waals surface area contributed by atoms with Crippen molar-refractivity contribution < 1.29 is 10.2 Å². The van der Waals surface area contributed by atoms with Gasteiger partial charge in [-0.15, -0.1) is 0 Å². The fourth-order valence-electron chi connectivity index (χ4n) is 1.26. The van der Waals surface area contributed by atoms with Crippen molar-refractivity contribution in [2.75, 3.05) is 0 Å². The first-order chi connectivity index (χ1) is 6.77. The summed E-state index contributed by atoms with van der Waals surface area (Å²) >= 11 is 0. The summed E-state index contributed by atoms with van der Waals surface area (Å²) in [6.45, 7) is 0. The van der Waals surface area contributed by atoms with Crippen LogP contribution < -0.4 is 0 Å². The van der Waals surface area contributed by atoms with Crippen LogP contribution in [0.2, 0.25) is 0 Å². The average molecular weight is 187 g/mol. The van der Waals surface area contributed by atoms with Gasteiger partial charge in [-0.2, -0.15) is 0 Å². The Balaban J connectivity index is 2.50. The molecule has 70 valence electrons. The van der Waals surface area contributed by atoms with E-state index in [4.69, 9.17) is 5.11 Å². The number of hydrogen-bond acceptors (Lipinski definition) is 3. The smallest absolute Gasteiger partial charge is 0.218 e. The number of rotatable bonds is 1. The molecule has 2 aromatic rings. The predicted octanol–water partition coefficient (Wildman–Crippen LogP) is 2.16. The lowest BCUT2D eigenvalue weighted by molar-refractivity contribution is 0.455. The van der Waals surface area contributed by atoms with E-state index in [-0.39, 0.29) is 11.6 Å². The molecule has 0 aliphatic heterocycles. The highest BCUT2D eigenvalue weighted by Crippen LogP contribution is 2.27. The summed E-state index contributed by atoms with van der Waals surface area (Å²) in [5.41, 5.74) is 1.49. The molecule has 0 saturated carbocycles. The maximum atomic E-state index is 9.46. The average Bonchev–Trinajstić information content (AvgIpc) is 2.20. The monoisotopic (exact) mass is 187 g/mol. The Labute approximate surface area is 81.3 Å². The van der Waals surface area contributed by atoms with Crippen LogP contribution in [0.25, 0.3) is 11.1 Å². The van der Waals surface area contributed by atoms with E-state index in [1.807, 2.05) is 0 Å². The fraction of sp³-hybridized carbons (Fsp3) is 0. The summed E-state index contributed by atoms with van der Waals surface area (Å²) < 4.78 is 0. The summed E-state index contributed by atoms with van der Waals surface area (Å²) in [6.07, 6.45) is 1.53. The van der Waals surface area contributed by atoms with Gasteiger partial charge < -0.3 is 10.2 Å². The second-order valence-electron chi connectivity index (χ2n) is 2.92. The van der Waals surface area contributed by atoms with E-state index in [0.717, 1.165) is 5.56 Å². The predicted molar refractivity (Wildman–Crippen MR) is 53.0 cm³/mol. The molecule has 0 radical (unpaired) electrons. The first kappa shape index (κ1) is 8.56. The molecular formula is C11H9NO2. The molecule has 1 aromatic carbocycles. The molecule has 3 nitrogen and oxygen atoms in total. The highest BCUT2D eigenvalue weighted by molar-refractivity contribution is 5.68. The standard InChI is InChI=1S/C11H9NO2/c13-9-5-3-8(4-6-9)10-2-1-7-12-11(10)14/h1-7,13H,(H,12,14). The lowest BCUT2D eigenvalue weighted by atomic mass is 10.1. The van der Waals surface area contributed by atoms with Crippen LogP contribution in [0.3, 0.4) is 0 Å². The van der Waals surface area contributed by atoms with Crippen LogP contribution in [0, 0.1) is 0 Å². The van der Waals surface area contributed by atoms with Gasteiger partial charge in [0, 0.05) is 11.8 Å². The highest BCUT2D eigenvalue weighted by atomic mass is 16.3. The van der Waals surface area contributed by atoms with Gasteiger partial charge in [0.1, 0.15) is 5.75 Å². The van der Waals surface area contributed by atoms with Crippen molar-refractivity contribution in [3.05, 3.63) is 42.6 Å². The zero-order chi connectivity index (χ0) is 9.97. The molecule has 0 atom stereocenters. The van der Waals surface area contributed by atoms with Gasteiger partial charge in [0.2, 0.25) is 5.88 Å². The first-order valence-corrected chi connectivity index (χ1v) is 4.21. The van der Waals surface area contributed by atoms with Crippen LogP contribution in [-0.2, 0) is 0 Å². The van der Waals surface area contributed by atoms with Gasteiger partial charge >= 0.3 is 0 Å². The summed E-state index contributed by atoms with van der Waals surface area (Å²) in [4.78, 5) is 3.77. The van der Waals surface area contributed by atoms with E-state index in [0.29, 0.717) is 5.56 Å². The third-order valence-electron chi connectivity index (χ3n) is 1.96. The van der Waals surface area contributed by atoms with Crippen LogP contribution in [0.4, 0.5) is 0 Å². The minimum absolute atomic E-state index is 0.00168. The van der Waals surface area contributed by atoms with E-state index >= 15 is 0 Å². The lowest BCUT2D eigenvalue weighted by Gasteiger charge is -2.02. The minimum Gasteiger partial charge on any atom is -0.508 e. The van der Waals surface area contributed by atoms with Gasteiger partial charge in [-0.1, -0.05) is 12.1 Å². The Bertz CT molecular complexity index is 437. The summed E-state index contributed by atoms with van der Waals surface area (Å²) in [5, 5.41) is 18.6. The number of nitrogens with zero attached hydrogens (tertiary/aromatic N) is 1. The van der Waals surface area contributed by atoms with Crippen LogP contribution in [-0.4, -0.2) is 15.2 Å². The highest BCUT2D eigenvalue weighted by Gasteiger charge is 2.03. The molecule has 0 amide bonds. The summed E-state index contributed by atoms with van der Waals surface area (Å²) in [7, 11) is 0. The number of phenols is 1. The molecular weight excluding hydrogens is 178 g/mol. The zero-order valence-corrected chi connectivity index (χ0v) is 7.38. The van der Waals surface area contributed by atoms with Crippen LogP contribution >= 0.6 is 0 Å². The van der Waals surface area contributed by atoms with Crippen molar-refractivity contribution in [3.8, 4) is 22.8 Å². The molecule has 2 N–H and O–H groups in total. The summed E-state index contributed by atoms with van der Waals surface area (Å²) in [5.74, 6) is 0.204. The van der Waals surface area contributed by atoms with E-state index in [2.05, 4.69) is 4.98 Å². The third kappa shape index (κ3) is 1.52. The molecule has 14 heavy (non-hydrogen) atoms. The van der Waals surface area contributed by atoms with E-state index in [1.165, 1.54) is 6.20 Å². The summed E-state index contributed by atoms with van der Waals surface area (Å²) in [6, 6.07) is 10.1. The number of phenolic OH excluding ortho intramolecular Hbond substituents is 1. The zero-order valence-electron chi connectivity index (χ0n) is 7.38. The van der Waals surface area contributed by atoms with Gasteiger partial charge in [-0.05, 0) is 29.8 Å². The number of aromatic hydroxyl groups is 2. The van der Waals surface area contributed by atoms with E-state index in [1.54, 1.807) is 36.4 Å². The van der Waals surface area contributed by atoms with Crippen molar-refractivity contribution in [2.45, 2.75) is 0 Å². The molecule has 2 rings (SSSR count).